The van der Waals surface area contributed by atoms with Crippen molar-refractivity contribution in [2.24, 2.45) is 4.99 Å². The van der Waals surface area contributed by atoms with Crippen molar-refractivity contribution in [1.29, 1.82) is 0 Å². The molecule has 3 rings (SSSR count). The predicted octanol–water partition coefficient (Wildman–Crippen LogP) is 3.82. The molecule has 3 heteroatoms. The average Bonchev–Trinajstić information content (AvgIpc) is 3.03. The Morgan fingerprint density at radius 3 is 2.15 bits per heavy atom. The Balaban J connectivity index is 1.63. The quantitative estimate of drug-likeness (QED) is 0.629. The minimum absolute atomic E-state index is 0.263. The second kappa shape index (κ2) is 7.44. The van der Waals surface area contributed by atoms with Gasteiger partial charge in [-0.05, 0) is 38.5 Å². The molecular weight excluding hydrogens is 248 g/mol. The topological polar surface area (TPSA) is 33.6 Å². The van der Waals surface area contributed by atoms with E-state index in [0.717, 1.165) is 13.0 Å². The van der Waals surface area contributed by atoms with Crippen molar-refractivity contribution < 1.29 is 4.74 Å². The zero-order chi connectivity index (χ0) is 13.6. The molecular formula is C17H30N2O. The first-order valence-corrected chi connectivity index (χ1v) is 8.87. The van der Waals surface area contributed by atoms with Gasteiger partial charge in [0.2, 0.25) is 0 Å². The molecule has 1 N–H and O–H groups in total. The van der Waals surface area contributed by atoms with E-state index < -0.39 is 0 Å². The van der Waals surface area contributed by atoms with Gasteiger partial charge in [-0.2, -0.15) is 0 Å². The van der Waals surface area contributed by atoms with Crippen molar-refractivity contribution in [2.45, 2.75) is 95.2 Å². The molecule has 3 aliphatic rings. The van der Waals surface area contributed by atoms with Crippen LogP contribution in [-0.4, -0.2) is 30.6 Å². The Morgan fingerprint density at radius 1 is 0.800 bits per heavy atom. The molecule has 1 aliphatic heterocycles. The first-order valence-electron chi connectivity index (χ1n) is 8.87. The predicted molar refractivity (Wildman–Crippen MR) is 83.3 cm³/mol. The van der Waals surface area contributed by atoms with Crippen LogP contribution in [0.2, 0.25) is 0 Å². The summed E-state index contributed by atoms with van der Waals surface area (Å²) in [5, 5.41) is 3.77. The largest absolute Gasteiger partial charge is 0.370 e. The zero-order valence-corrected chi connectivity index (χ0v) is 12.8. The first kappa shape index (κ1) is 14.4. The highest BCUT2D eigenvalue weighted by Crippen LogP contribution is 2.23. The summed E-state index contributed by atoms with van der Waals surface area (Å²) in [5.41, 5.74) is 0. The molecule has 0 aromatic heterocycles. The van der Waals surface area contributed by atoms with E-state index in [1.54, 1.807) is 0 Å². The summed E-state index contributed by atoms with van der Waals surface area (Å²) in [6.07, 6.45) is 16.1. The maximum Gasteiger partial charge on any atom is 0.126 e. The SMILES string of the molecule is C1CCC(N=C(NC2CCCCC2)[C@@H]2CCCO2)CC1. The summed E-state index contributed by atoms with van der Waals surface area (Å²) in [7, 11) is 0. The van der Waals surface area contributed by atoms with Gasteiger partial charge in [0.05, 0.1) is 6.04 Å². The molecule has 3 fully saturated rings. The second-order valence-electron chi connectivity index (χ2n) is 6.79. The fourth-order valence-corrected chi connectivity index (χ4v) is 3.87. The van der Waals surface area contributed by atoms with Gasteiger partial charge in [-0.3, -0.25) is 4.99 Å². The standard InChI is InChI=1S/C17H30N2O/c1-3-8-14(9-4-1)18-17(16-12-7-13-20-16)19-15-10-5-2-6-11-15/h14-16H,1-13H2,(H,18,19)/t16-/m0/s1. The smallest absolute Gasteiger partial charge is 0.126 e. The molecule has 0 radical (unpaired) electrons. The van der Waals surface area contributed by atoms with Crippen LogP contribution < -0.4 is 5.32 Å². The van der Waals surface area contributed by atoms with Gasteiger partial charge in [0.1, 0.15) is 11.9 Å². The fraction of sp³-hybridized carbons (Fsp3) is 0.941. The number of amidine groups is 1. The monoisotopic (exact) mass is 278 g/mol. The van der Waals surface area contributed by atoms with Crippen LogP contribution in [0.4, 0.5) is 0 Å². The van der Waals surface area contributed by atoms with E-state index in [-0.39, 0.29) is 6.10 Å². The normalized spacial score (nSPS) is 30.6. The van der Waals surface area contributed by atoms with Crippen LogP contribution in [0.5, 0.6) is 0 Å². The Hall–Kier alpha value is -0.570. The van der Waals surface area contributed by atoms with Crippen molar-refractivity contribution >= 4 is 5.84 Å². The van der Waals surface area contributed by atoms with Gasteiger partial charge in [-0.1, -0.05) is 38.5 Å². The number of hydrogen-bond donors (Lipinski definition) is 1. The van der Waals surface area contributed by atoms with E-state index in [4.69, 9.17) is 9.73 Å². The van der Waals surface area contributed by atoms with Crippen LogP contribution in [0.1, 0.15) is 77.0 Å². The lowest BCUT2D eigenvalue weighted by Gasteiger charge is -2.28. The van der Waals surface area contributed by atoms with Gasteiger partial charge in [0.25, 0.3) is 0 Å². The summed E-state index contributed by atoms with van der Waals surface area (Å²) in [4.78, 5) is 5.09. The molecule has 3 nitrogen and oxygen atoms in total. The minimum atomic E-state index is 0.263. The van der Waals surface area contributed by atoms with Crippen LogP contribution in [0.15, 0.2) is 4.99 Å². The molecule has 1 atom stereocenters. The Morgan fingerprint density at radius 2 is 1.50 bits per heavy atom. The summed E-state index contributed by atoms with van der Waals surface area (Å²) in [6.45, 7) is 0.917. The molecule has 114 valence electrons. The fourth-order valence-electron chi connectivity index (χ4n) is 3.87. The molecule has 0 aromatic rings. The van der Waals surface area contributed by atoms with Crippen molar-refractivity contribution in [3.05, 3.63) is 0 Å². The van der Waals surface area contributed by atoms with Gasteiger partial charge in [-0.15, -0.1) is 0 Å². The van der Waals surface area contributed by atoms with Gasteiger partial charge >= 0.3 is 0 Å². The summed E-state index contributed by atoms with van der Waals surface area (Å²) in [5.74, 6) is 1.20. The summed E-state index contributed by atoms with van der Waals surface area (Å²) in [6, 6.07) is 1.20. The lowest BCUT2D eigenvalue weighted by Crippen LogP contribution is -2.43. The average molecular weight is 278 g/mol. The molecule has 20 heavy (non-hydrogen) atoms. The summed E-state index contributed by atoms with van der Waals surface area (Å²) >= 11 is 0. The van der Waals surface area contributed by atoms with E-state index in [1.165, 1.54) is 76.5 Å². The van der Waals surface area contributed by atoms with Crippen molar-refractivity contribution in [3.8, 4) is 0 Å². The molecule has 0 unspecified atom stereocenters. The molecule has 1 heterocycles. The van der Waals surface area contributed by atoms with Crippen LogP contribution in [0.3, 0.4) is 0 Å². The lowest BCUT2D eigenvalue weighted by atomic mass is 9.94. The van der Waals surface area contributed by atoms with Crippen LogP contribution in [0.25, 0.3) is 0 Å². The maximum absolute atomic E-state index is 5.90. The van der Waals surface area contributed by atoms with Gasteiger partial charge in [0.15, 0.2) is 0 Å². The van der Waals surface area contributed by atoms with E-state index in [0.29, 0.717) is 12.1 Å². The van der Waals surface area contributed by atoms with E-state index >= 15 is 0 Å². The third-order valence-corrected chi connectivity index (χ3v) is 5.09. The Bertz CT molecular complexity index is 311. The van der Waals surface area contributed by atoms with Crippen LogP contribution >= 0.6 is 0 Å². The maximum atomic E-state index is 5.90. The van der Waals surface area contributed by atoms with Gasteiger partial charge in [-0.25, -0.2) is 0 Å². The van der Waals surface area contributed by atoms with E-state index in [1.807, 2.05) is 0 Å². The highest BCUT2D eigenvalue weighted by atomic mass is 16.5. The number of ether oxygens (including phenoxy) is 1. The third kappa shape index (κ3) is 3.97. The Labute approximate surface area is 123 Å². The number of nitrogens with zero attached hydrogens (tertiary/aromatic N) is 1. The van der Waals surface area contributed by atoms with Gasteiger partial charge in [0, 0.05) is 12.6 Å². The first-order chi connectivity index (χ1) is 9.92. The minimum Gasteiger partial charge on any atom is -0.370 e. The number of hydrogen-bond acceptors (Lipinski definition) is 2. The molecule has 0 amide bonds. The van der Waals surface area contributed by atoms with E-state index in [2.05, 4.69) is 5.32 Å². The number of aliphatic imine (C=N–C) groups is 1. The molecule has 0 spiro atoms. The zero-order valence-electron chi connectivity index (χ0n) is 12.8. The number of nitrogens with one attached hydrogen (secondary N) is 1. The van der Waals surface area contributed by atoms with Crippen LogP contribution in [-0.2, 0) is 4.74 Å². The molecule has 2 saturated carbocycles. The van der Waals surface area contributed by atoms with Crippen molar-refractivity contribution in [3.63, 3.8) is 0 Å². The molecule has 2 aliphatic carbocycles. The summed E-state index contributed by atoms with van der Waals surface area (Å²) < 4.78 is 5.90. The molecule has 0 bridgehead atoms. The van der Waals surface area contributed by atoms with Gasteiger partial charge < -0.3 is 10.1 Å². The van der Waals surface area contributed by atoms with Crippen molar-refractivity contribution in [2.75, 3.05) is 6.61 Å². The van der Waals surface area contributed by atoms with Crippen molar-refractivity contribution in [1.82, 2.24) is 5.32 Å². The number of rotatable bonds is 3. The molecule has 0 aromatic carbocycles. The third-order valence-electron chi connectivity index (χ3n) is 5.09. The second-order valence-corrected chi connectivity index (χ2v) is 6.79. The highest BCUT2D eigenvalue weighted by molar-refractivity contribution is 5.87. The van der Waals surface area contributed by atoms with E-state index in [9.17, 15) is 0 Å². The highest BCUT2D eigenvalue weighted by Gasteiger charge is 2.26. The lowest BCUT2D eigenvalue weighted by molar-refractivity contribution is 0.153. The molecule has 1 saturated heterocycles. The Kier molecular flexibility index (Phi) is 5.35. The van der Waals surface area contributed by atoms with Crippen LogP contribution in [0, 0.1) is 0 Å².